The van der Waals surface area contributed by atoms with Crippen LogP contribution in [-0.4, -0.2) is 0 Å². The first-order valence-electron chi connectivity index (χ1n) is 4.04. The van der Waals surface area contributed by atoms with E-state index in [9.17, 15) is 0 Å². The minimum absolute atomic E-state index is 1.23. The summed E-state index contributed by atoms with van der Waals surface area (Å²) in [5.41, 5.74) is 2.97. The van der Waals surface area contributed by atoms with Gasteiger partial charge in [0.25, 0.3) is 0 Å². The molecule has 0 aromatic carbocycles. The van der Waals surface area contributed by atoms with Gasteiger partial charge < -0.3 is 0 Å². The fraction of sp³-hybridized carbons (Fsp3) is 0.400. The summed E-state index contributed by atoms with van der Waals surface area (Å²) in [6.07, 6.45) is 4.83. The molecule has 0 amide bonds. The lowest BCUT2D eigenvalue weighted by Crippen LogP contribution is -1.91. The number of hydrogen-bond donors (Lipinski definition) is 0. The van der Waals surface area contributed by atoms with Crippen LogP contribution < -0.4 is 0 Å². The smallest absolute Gasteiger partial charge is 0.0126 e. The van der Waals surface area contributed by atoms with Gasteiger partial charge in [-0.05, 0) is 43.9 Å². The minimum Gasteiger partial charge on any atom is -0.145 e. The summed E-state index contributed by atoms with van der Waals surface area (Å²) in [5.74, 6) is 0. The van der Waals surface area contributed by atoms with Gasteiger partial charge in [-0.1, -0.05) is 6.08 Å². The Kier molecular flexibility index (Phi) is 1.61. The van der Waals surface area contributed by atoms with Crippen LogP contribution in [0.15, 0.2) is 12.1 Å². The second-order valence-corrected chi connectivity index (χ2v) is 4.46. The van der Waals surface area contributed by atoms with Crippen molar-refractivity contribution in [1.82, 2.24) is 0 Å². The zero-order valence-electron chi connectivity index (χ0n) is 6.98. The maximum Gasteiger partial charge on any atom is 0.0126 e. The number of aryl methyl sites for hydroxylation is 2. The van der Waals surface area contributed by atoms with Crippen LogP contribution in [0.4, 0.5) is 0 Å². The molecular formula is C10H12S. The Hall–Kier alpha value is -0.560. The summed E-state index contributed by atoms with van der Waals surface area (Å²) in [4.78, 5) is 3.03. The van der Waals surface area contributed by atoms with Gasteiger partial charge in [0, 0.05) is 9.75 Å². The van der Waals surface area contributed by atoms with Crippen LogP contribution in [0, 0.1) is 6.92 Å². The molecule has 0 atom stereocenters. The van der Waals surface area contributed by atoms with Crippen molar-refractivity contribution in [2.75, 3.05) is 0 Å². The predicted molar refractivity (Wildman–Crippen MR) is 51.0 cm³/mol. The first-order chi connectivity index (χ1) is 5.27. The second kappa shape index (κ2) is 2.49. The molecular weight excluding hydrogens is 152 g/mol. The minimum atomic E-state index is 1.23. The molecule has 0 aliphatic heterocycles. The molecule has 0 bridgehead atoms. The third-order valence-electron chi connectivity index (χ3n) is 2.18. The number of thiophene rings is 1. The largest absolute Gasteiger partial charge is 0.145 e. The first-order valence-corrected chi connectivity index (χ1v) is 4.85. The molecule has 0 nitrogen and oxygen atoms in total. The average molecular weight is 164 g/mol. The van der Waals surface area contributed by atoms with E-state index in [-0.39, 0.29) is 0 Å². The maximum atomic E-state index is 2.34. The average Bonchev–Trinajstić information content (AvgIpc) is 2.31. The van der Waals surface area contributed by atoms with Gasteiger partial charge in [-0.25, -0.2) is 0 Å². The summed E-state index contributed by atoms with van der Waals surface area (Å²) in [5, 5.41) is 0. The summed E-state index contributed by atoms with van der Waals surface area (Å²) in [7, 11) is 0. The SMILES string of the molecule is CC1=CCCc2sc(C)cc21. The molecule has 0 fully saturated rings. The summed E-state index contributed by atoms with van der Waals surface area (Å²) >= 11 is 1.95. The Balaban J connectivity index is 2.55. The van der Waals surface area contributed by atoms with Gasteiger partial charge in [0.05, 0.1) is 0 Å². The molecule has 1 aromatic rings. The number of fused-ring (bicyclic) bond motifs is 1. The van der Waals surface area contributed by atoms with Crippen molar-refractivity contribution < 1.29 is 0 Å². The van der Waals surface area contributed by atoms with Gasteiger partial charge in [-0.15, -0.1) is 11.3 Å². The van der Waals surface area contributed by atoms with Crippen molar-refractivity contribution in [2.24, 2.45) is 0 Å². The zero-order chi connectivity index (χ0) is 7.84. The fourth-order valence-electron chi connectivity index (χ4n) is 1.61. The van der Waals surface area contributed by atoms with Gasteiger partial charge in [-0.2, -0.15) is 0 Å². The van der Waals surface area contributed by atoms with Gasteiger partial charge in [0.2, 0.25) is 0 Å². The maximum absolute atomic E-state index is 2.34. The van der Waals surface area contributed by atoms with E-state index in [1.165, 1.54) is 28.9 Å². The van der Waals surface area contributed by atoms with E-state index in [1.54, 1.807) is 4.88 Å². The Morgan fingerprint density at radius 1 is 1.36 bits per heavy atom. The van der Waals surface area contributed by atoms with E-state index in [4.69, 9.17) is 0 Å². The van der Waals surface area contributed by atoms with Crippen molar-refractivity contribution in [3.63, 3.8) is 0 Å². The quantitative estimate of drug-likeness (QED) is 0.551. The molecule has 11 heavy (non-hydrogen) atoms. The molecule has 1 heteroatoms. The molecule has 0 N–H and O–H groups in total. The van der Waals surface area contributed by atoms with E-state index >= 15 is 0 Å². The fourth-order valence-corrected chi connectivity index (χ4v) is 2.73. The molecule has 0 unspecified atom stereocenters. The normalized spacial score (nSPS) is 16.0. The Labute approximate surface area is 71.6 Å². The summed E-state index contributed by atoms with van der Waals surface area (Å²) < 4.78 is 0. The Bertz CT molecular complexity index is 305. The van der Waals surface area contributed by atoms with E-state index in [0.29, 0.717) is 0 Å². The highest BCUT2D eigenvalue weighted by Crippen LogP contribution is 2.32. The third-order valence-corrected chi connectivity index (χ3v) is 3.29. The van der Waals surface area contributed by atoms with Gasteiger partial charge in [-0.3, -0.25) is 0 Å². The topological polar surface area (TPSA) is 0 Å². The second-order valence-electron chi connectivity index (χ2n) is 3.12. The van der Waals surface area contributed by atoms with Gasteiger partial charge in [0.15, 0.2) is 0 Å². The lowest BCUT2D eigenvalue weighted by Gasteiger charge is -2.08. The Morgan fingerprint density at radius 3 is 2.91 bits per heavy atom. The van der Waals surface area contributed by atoms with E-state index < -0.39 is 0 Å². The lowest BCUT2D eigenvalue weighted by molar-refractivity contribution is 1.00. The molecule has 58 valence electrons. The first kappa shape index (κ1) is 7.11. The van der Waals surface area contributed by atoms with Crippen molar-refractivity contribution in [3.05, 3.63) is 27.5 Å². The Morgan fingerprint density at radius 2 is 2.18 bits per heavy atom. The number of allylic oxidation sites excluding steroid dienone is 2. The molecule has 0 saturated carbocycles. The molecule has 0 spiro atoms. The van der Waals surface area contributed by atoms with E-state index in [2.05, 4.69) is 26.0 Å². The molecule has 1 aromatic heterocycles. The van der Waals surface area contributed by atoms with Crippen molar-refractivity contribution in [1.29, 1.82) is 0 Å². The van der Waals surface area contributed by atoms with Crippen molar-refractivity contribution >= 4 is 16.9 Å². The standard InChI is InChI=1S/C10H12S/c1-7-4-3-5-10-9(7)6-8(2)11-10/h4,6H,3,5H2,1-2H3. The van der Waals surface area contributed by atoms with Crippen LogP contribution in [0.25, 0.3) is 5.57 Å². The molecule has 2 rings (SSSR count). The van der Waals surface area contributed by atoms with E-state index in [0.717, 1.165) is 0 Å². The highest BCUT2D eigenvalue weighted by atomic mass is 32.1. The molecule has 1 aliphatic rings. The highest BCUT2D eigenvalue weighted by Gasteiger charge is 2.11. The monoisotopic (exact) mass is 164 g/mol. The lowest BCUT2D eigenvalue weighted by atomic mass is 9.99. The number of rotatable bonds is 0. The number of hydrogen-bond acceptors (Lipinski definition) is 1. The molecule has 1 aliphatic carbocycles. The summed E-state index contributed by atoms with van der Waals surface area (Å²) in [6, 6.07) is 2.31. The third kappa shape index (κ3) is 1.14. The van der Waals surface area contributed by atoms with Crippen LogP contribution in [0.3, 0.4) is 0 Å². The van der Waals surface area contributed by atoms with Crippen LogP contribution in [0.1, 0.15) is 28.7 Å². The molecule has 1 heterocycles. The predicted octanol–water partition coefficient (Wildman–Crippen LogP) is 3.41. The molecule has 0 saturated heterocycles. The van der Waals surface area contributed by atoms with Gasteiger partial charge in [0.1, 0.15) is 0 Å². The van der Waals surface area contributed by atoms with Gasteiger partial charge >= 0.3 is 0 Å². The van der Waals surface area contributed by atoms with Crippen LogP contribution in [-0.2, 0) is 6.42 Å². The zero-order valence-corrected chi connectivity index (χ0v) is 7.79. The van der Waals surface area contributed by atoms with Crippen molar-refractivity contribution in [2.45, 2.75) is 26.7 Å². The van der Waals surface area contributed by atoms with Crippen molar-refractivity contribution in [3.8, 4) is 0 Å². The van der Waals surface area contributed by atoms with Crippen LogP contribution >= 0.6 is 11.3 Å². The molecule has 0 radical (unpaired) electrons. The summed E-state index contributed by atoms with van der Waals surface area (Å²) in [6.45, 7) is 4.40. The van der Waals surface area contributed by atoms with Crippen LogP contribution in [0.2, 0.25) is 0 Å². The highest BCUT2D eigenvalue weighted by molar-refractivity contribution is 7.12. The van der Waals surface area contributed by atoms with E-state index in [1.807, 2.05) is 11.3 Å². The van der Waals surface area contributed by atoms with Crippen LogP contribution in [0.5, 0.6) is 0 Å².